The first kappa shape index (κ1) is 12.7. The number of aromatic nitrogens is 2. The fraction of sp³-hybridized carbons (Fsp3) is 0.400. The van der Waals surface area contributed by atoms with Gasteiger partial charge in [0.05, 0.1) is 5.69 Å². The van der Waals surface area contributed by atoms with Crippen LogP contribution < -0.4 is 5.32 Å². The SMILES string of the molecule is CCCc1ccc(-n2cc(C)nc2NCC)cc1. The Kier molecular flexibility index (Phi) is 4.03. The summed E-state index contributed by atoms with van der Waals surface area (Å²) in [5, 5.41) is 3.29. The first-order valence-electron chi connectivity index (χ1n) is 6.63. The first-order chi connectivity index (χ1) is 8.74. The van der Waals surface area contributed by atoms with Crippen LogP contribution in [0.5, 0.6) is 0 Å². The molecular weight excluding hydrogens is 222 g/mol. The van der Waals surface area contributed by atoms with Crippen LogP contribution >= 0.6 is 0 Å². The second-order valence-corrected chi connectivity index (χ2v) is 4.52. The van der Waals surface area contributed by atoms with Gasteiger partial charge in [0, 0.05) is 18.4 Å². The van der Waals surface area contributed by atoms with Crippen LogP contribution in [0.1, 0.15) is 31.5 Å². The van der Waals surface area contributed by atoms with Gasteiger partial charge in [-0.1, -0.05) is 25.5 Å². The van der Waals surface area contributed by atoms with Gasteiger partial charge in [-0.3, -0.25) is 4.57 Å². The van der Waals surface area contributed by atoms with Crippen molar-refractivity contribution in [2.75, 3.05) is 11.9 Å². The summed E-state index contributed by atoms with van der Waals surface area (Å²) in [6, 6.07) is 8.72. The summed E-state index contributed by atoms with van der Waals surface area (Å²) < 4.78 is 2.11. The standard InChI is InChI=1S/C15H21N3/c1-4-6-13-7-9-14(10-8-13)18-11-12(3)17-15(18)16-5-2/h7-11H,4-6H2,1-3H3,(H,16,17). The van der Waals surface area contributed by atoms with Crippen molar-refractivity contribution in [2.45, 2.75) is 33.6 Å². The molecule has 2 aromatic rings. The van der Waals surface area contributed by atoms with E-state index in [4.69, 9.17) is 0 Å². The van der Waals surface area contributed by atoms with E-state index in [0.717, 1.165) is 30.3 Å². The highest BCUT2D eigenvalue weighted by molar-refractivity contribution is 5.44. The van der Waals surface area contributed by atoms with Crippen LogP contribution in [0, 0.1) is 6.92 Å². The molecule has 0 radical (unpaired) electrons. The molecule has 0 bridgehead atoms. The predicted molar refractivity (Wildman–Crippen MR) is 76.5 cm³/mol. The third-order valence-corrected chi connectivity index (χ3v) is 2.91. The fourth-order valence-electron chi connectivity index (χ4n) is 2.09. The smallest absolute Gasteiger partial charge is 0.207 e. The lowest BCUT2D eigenvalue weighted by atomic mass is 10.1. The minimum Gasteiger partial charge on any atom is -0.356 e. The molecule has 0 spiro atoms. The summed E-state index contributed by atoms with van der Waals surface area (Å²) in [5.41, 5.74) is 3.58. The molecule has 96 valence electrons. The summed E-state index contributed by atoms with van der Waals surface area (Å²) in [7, 11) is 0. The second-order valence-electron chi connectivity index (χ2n) is 4.52. The van der Waals surface area contributed by atoms with E-state index in [0.29, 0.717) is 0 Å². The molecule has 1 aromatic carbocycles. The number of anilines is 1. The van der Waals surface area contributed by atoms with Gasteiger partial charge >= 0.3 is 0 Å². The van der Waals surface area contributed by atoms with Gasteiger partial charge in [-0.2, -0.15) is 0 Å². The van der Waals surface area contributed by atoms with Gasteiger partial charge in [0.25, 0.3) is 0 Å². The van der Waals surface area contributed by atoms with E-state index in [9.17, 15) is 0 Å². The van der Waals surface area contributed by atoms with E-state index < -0.39 is 0 Å². The molecule has 18 heavy (non-hydrogen) atoms. The number of aryl methyl sites for hydroxylation is 2. The Balaban J connectivity index is 2.29. The molecular formula is C15H21N3. The third kappa shape index (κ3) is 2.73. The monoisotopic (exact) mass is 243 g/mol. The molecule has 1 N–H and O–H groups in total. The Morgan fingerprint density at radius 1 is 1.17 bits per heavy atom. The molecule has 0 aliphatic rings. The maximum Gasteiger partial charge on any atom is 0.207 e. The number of hydrogen-bond acceptors (Lipinski definition) is 2. The highest BCUT2D eigenvalue weighted by Crippen LogP contribution is 2.17. The largest absolute Gasteiger partial charge is 0.356 e. The van der Waals surface area contributed by atoms with Crippen LogP contribution in [0.2, 0.25) is 0 Å². The predicted octanol–water partition coefficient (Wildman–Crippen LogP) is 3.57. The van der Waals surface area contributed by atoms with E-state index in [1.165, 1.54) is 12.0 Å². The minimum absolute atomic E-state index is 0.879. The second kappa shape index (κ2) is 5.71. The quantitative estimate of drug-likeness (QED) is 0.870. The molecule has 2 rings (SSSR count). The number of rotatable bonds is 5. The highest BCUT2D eigenvalue weighted by atomic mass is 15.2. The molecule has 0 saturated carbocycles. The molecule has 1 heterocycles. The highest BCUT2D eigenvalue weighted by Gasteiger charge is 2.06. The van der Waals surface area contributed by atoms with E-state index >= 15 is 0 Å². The molecule has 0 amide bonds. The maximum atomic E-state index is 4.49. The molecule has 0 fully saturated rings. The average Bonchev–Trinajstić information content (AvgIpc) is 2.72. The zero-order chi connectivity index (χ0) is 13.0. The van der Waals surface area contributed by atoms with Gasteiger partial charge in [-0.05, 0) is 38.0 Å². The molecule has 0 atom stereocenters. The lowest BCUT2D eigenvalue weighted by molar-refractivity contribution is 0.919. The summed E-state index contributed by atoms with van der Waals surface area (Å²) in [4.78, 5) is 4.49. The Morgan fingerprint density at radius 3 is 2.50 bits per heavy atom. The molecule has 0 saturated heterocycles. The first-order valence-corrected chi connectivity index (χ1v) is 6.63. The van der Waals surface area contributed by atoms with Gasteiger partial charge in [-0.15, -0.1) is 0 Å². The summed E-state index contributed by atoms with van der Waals surface area (Å²) >= 11 is 0. The van der Waals surface area contributed by atoms with Gasteiger partial charge < -0.3 is 5.32 Å². The number of imidazole rings is 1. The zero-order valence-corrected chi connectivity index (χ0v) is 11.4. The molecule has 1 aromatic heterocycles. The molecule has 3 nitrogen and oxygen atoms in total. The van der Waals surface area contributed by atoms with Crippen molar-refractivity contribution in [3.05, 3.63) is 41.7 Å². The van der Waals surface area contributed by atoms with Crippen molar-refractivity contribution in [3.8, 4) is 5.69 Å². The number of hydrogen-bond donors (Lipinski definition) is 1. The van der Waals surface area contributed by atoms with Gasteiger partial charge in [0.2, 0.25) is 5.95 Å². The van der Waals surface area contributed by atoms with Gasteiger partial charge in [-0.25, -0.2) is 4.98 Å². The van der Waals surface area contributed by atoms with Crippen LogP contribution in [0.25, 0.3) is 5.69 Å². The molecule has 0 unspecified atom stereocenters. The topological polar surface area (TPSA) is 29.9 Å². The van der Waals surface area contributed by atoms with Crippen molar-refractivity contribution in [1.29, 1.82) is 0 Å². The number of nitrogens with zero attached hydrogens (tertiary/aromatic N) is 2. The van der Waals surface area contributed by atoms with E-state index in [1.54, 1.807) is 0 Å². The van der Waals surface area contributed by atoms with Crippen molar-refractivity contribution in [3.63, 3.8) is 0 Å². The number of benzene rings is 1. The Morgan fingerprint density at radius 2 is 1.89 bits per heavy atom. The van der Waals surface area contributed by atoms with E-state index in [1.807, 2.05) is 6.92 Å². The van der Waals surface area contributed by atoms with E-state index in [-0.39, 0.29) is 0 Å². The zero-order valence-electron chi connectivity index (χ0n) is 11.4. The third-order valence-electron chi connectivity index (χ3n) is 2.91. The van der Waals surface area contributed by atoms with E-state index in [2.05, 4.69) is 59.2 Å². The normalized spacial score (nSPS) is 10.6. The number of nitrogens with one attached hydrogen (secondary N) is 1. The van der Waals surface area contributed by atoms with Crippen LogP contribution in [0.15, 0.2) is 30.5 Å². The lowest BCUT2D eigenvalue weighted by Gasteiger charge is -2.09. The fourth-order valence-corrected chi connectivity index (χ4v) is 2.09. The Bertz CT molecular complexity index is 497. The van der Waals surface area contributed by atoms with Gasteiger partial charge in [0.15, 0.2) is 0 Å². The van der Waals surface area contributed by atoms with Gasteiger partial charge in [0.1, 0.15) is 0 Å². The molecule has 0 aliphatic carbocycles. The molecule has 3 heteroatoms. The van der Waals surface area contributed by atoms with Crippen molar-refractivity contribution in [2.24, 2.45) is 0 Å². The van der Waals surface area contributed by atoms with Crippen LogP contribution in [-0.4, -0.2) is 16.1 Å². The van der Waals surface area contributed by atoms with Crippen LogP contribution in [0.4, 0.5) is 5.95 Å². The summed E-state index contributed by atoms with van der Waals surface area (Å²) in [6.45, 7) is 7.18. The Hall–Kier alpha value is -1.77. The van der Waals surface area contributed by atoms with Crippen LogP contribution in [-0.2, 0) is 6.42 Å². The average molecular weight is 243 g/mol. The Labute approximate surface area is 109 Å². The minimum atomic E-state index is 0.879. The molecule has 0 aliphatic heterocycles. The summed E-state index contributed by atoms with van der Waals surface area (Å²) in [6.07, 6.45) is 4.39. The summed E-state index contributed by atoms with van der Waals surface area (Å²) in [5.74, 6) is 0.915. The van der Waals surface area contributed by atoms with Crippen LogP contribution in [0.3, 0.4) is 0 Å². The lowest BCUT2D eigenvalue weighted by Crippen LogP contribution is -2.04. The maximum absolute atomic E-state index is 4.49. The van der Waals surface area contributed by atoms with Crippen molar-refractivity contribution in [1.82, 2.24) is 9.55 Å². The van der Waals surface area contributed by atoms with Crippen molar-refractivity contribution < 1.29 is 0 Å². The van der Waals surface area contributed by atoms with Crippen molar-refractivity contribution >= 4 is 5.95 Å².